The average molecular weight is 422 g/mol. The topological polar surface area (TPSA) is 115 Å². The Hall–Kier alpha value is -3.63. The van der Waals surface area contributed by atoms with E-state index in [1.54, 1.807) is 0 Å². The van der Waals surface area contributed by atoms with Crippen LogP contribution in [0, 0.1) is 10.1 Å². The number of amides is 1. The number of benzene rings is 2. The zero-order chi connectivity index (χ0) is 21.6. The summed E-state index contributed by atoms with van der Waals surface area (Å²) in [6.07, 6.45) is 2.50. The van der Waals surface area contributed by atoms with E-state index in [0.717, 1.165) is 13.1 Å². The standard InChI is InChI=1S/C21H22N6O4/c28-21(17-6-7-19(20(10-17)27(29)30)26-15-22-14-24-26)23-11-18-13-25(8-9-31-18)12-16-4-2-1-3-5-16/h1-7,10,14-15,18H,8-9,11-13H2,(H,23,28). The van der Waals surface area contributed by atoms with Gasteiger partial charge in [0.2, 0.25) is 0 Å². The molecule has 1 aliphatic rings. The van der Waals surface area contributed by atoms with Crippen molar-refractivity contribution >= 4 is 11.6 Å². The Morgan fingerprint density at radius 3 is 2.84 bits per heavy atom. The van der Waals surface area contributed by atoms with Gasteiger partial charge in [0.05, 0.1) is 17.6 Å². The molecule has 1 saturated heterocycles. The minimum atomic E-state index is -0.542. The lowest BCUT2D eigenvalue weighted by Gasteiger charge is -2.33. The Bertz CT molecular complexity index is 1040. The van der Waals surface area contributed by atoms with Gasteiger partial charge in [0, 0.05) is 37.8 Å². The van der Waals surface area contributed by atoms with E-state index >= 15 is 0 Å². The number of nitrogens with zero attached hydrogens (tertiary/aromatic N) is 5. The maximum atomic E-state index is 12.6. The highest BCUT2D eigenvalue weighted by atomic mass is 16.6. The first-order chi connectivity index (χ1) is 15.1. The van der Waals surface area contributed by atoms with Crippen molar-refractivity contribution < 1.29 is 14.5 Å². The highest BCUT2D eigenvalue weighted by molar-refractivity contribution is 5.95. The van der Waals surface area contributed by atoms with Crippen molar-refractivity contribution in [3.05, 3.63) is 82.4 Å². The van der Waals surface area contributed by atoms with Crippen LogP contribution in [-0.4, -0.2) is 62.8 Å². The summed E-state index contributed by atoms with van der Waals surface area (Å²) >= 11 is 0. The maximum absolute atomic E-state index is 12.6. The predicted molar refractivity (Wildman–Crippen MR) is 112 cm³/mol. The van der Waals surface area contributed by atoms with Crippen molar-refractivity contribution in [2.24, 2.45) is 0 Å². The number of nitro benzene ring substituents is 1. The molecule has 1 fully saturated rings. The van der Waals surface area contributed by atoms with Crippen LogP contribution >= 0.6 is 0 Å². The van der Waals surface area contributed by atoms with Crippen LogP contribution in [0.25, 0.3) is 5.69 Å². The lowest BCUT2D eigenvalue weighted by atomic mass is 10.1. The Labute approximate surface area is 178 Å². The lowest BCUT2D eigenvalue weighted by Crippen LogP contribution is -2.47. The SMILES string of the molecule is O=C(NCC1CN(Cc2ccccc2)CCO1)c1ccc(-n2cncn2)c([N+](=O)[O-])c1. The Morgan fingerprint density at radius 1 is 1.26 bits per heavy atom. The van der Waals surface area contributed by atoms with E-state index in [2.05, 4.69) is 32.4 Å². The van der Waals surface area contributed by atoms with Crippen molar-refractivity contribution in [3.8, 4) is 5.69 Å². The fraction of sp³-hybridized carbons (Fsp3) is 0.286. The smallest absolute Gasteiger partial charge is 0.295 e. The van der Waals surface area contributed by atoms with E-state index in [9.17, 15) is 14.9 Å². The fourth-order valence-corrected chi connectivity index (χ4v) is 3.54. The molecule has 1 atom stereocenters. The first kappa shape index (κ1) is 20.6. The molecule has 1 N–H and O–H groups in total. The number of hydrogen-bond donors (Lipinski definition) is 1. The van der Waals surface area contributed by atoms with Crippen LogP contribution in [0.3, 0.4) is 0 Å². The van der Waals surface area contributed by atoms with Crippen molar-refractivity contribution in [2.45, 2.75) is 12.6 Å². The number of aromatic nitrogens is 3. The van der Waals surface area contributed by atoms with Crippen LogP contribution in [-0.2, 0) is 11.3 Å². The summed E-state index contributed by atoms with van der Waals surface area (Å²) in [5.41, 5.74) is 1.45. The van der Waals surface area contributed by atoms with E-state index in [4.69, 9.17) is 4.74 Å². The number of rotatable bonds is 7. The molecule has 2 aromatic carbocycles. The molecule has 0 aliphatic carbocycles. The molecule has 0 saturated carbocycles. The number of hydrogen-bond acceptors (Lipinski definition) is 7. The first-order valence-electron chi connectivity index (χ1n) is 9.89. The van der Waals surface area contributed by atoms with Gasteiger partial charge in [-0.3, -0.25) is 19.8 Å². The lowest BCUT2D eigenvalue weighted by molar-refractivity contribution is -0.384. The molecule has 3 aromatic rings. The van der Waals surface area contributed by atoms with Gasteiger partial charge in [-0.25, -0.2) is 9.67 Å². The molecule has 0 bridgehead atoms. The molecule has 10 heteroatoms. The van der Waals surface area contributed by atoms with Crippen LogP contribution in [0.1, 0.15) is 15.9 Å². The predicted octanol–water partition coefficient (Wildman–Crippen LogP) is 1.81. The first-order valence-corrected chi connectivity index (χ1v) is 9.89. The van der Waals surface area contributed by atoms with E-state index < -0.39 is 10.8 Å². The molecule has 4 rings (SSSR count). The van der Waals surface area contributed by atoms with Crippen LogP contribution in [0.2, 0.25) is 0 Å². The van der Waals surface area contributed by atoms with Gasteiger partial charge in [0.15, 0.2) is 0 Å². The van der Waals surface area contributed by atoms with Crippen molar-refractivity contribution in [1.82, 2.24) is 25.0 Å². The second kappa shape index (κ2) is 9.45. The monoisotopic (exact) mass is 422 g/mol. The molecular weight excluding hydrogens is 400 g/mol. The third-order valence-corrected chi connectivity index (χ3v) is 5.06. The second-order valence-electron chi connectivity index (χ2n) is 7.22. The van der Waals surface area contributed by atoms with Crippen LogP contribution in [0.15, 0.2) is 61.2 Å². The van der Waals surface area contributed by atoms with E-state index in [1.165, 1.54) is 41.1 Å². The molecule has 1 amide bonds. The molecular formula is C21H22N6O4. The summed E-state index contributed by atoms with van der Waals surface area (Å²) in [5.74, 6) is -0.392. The second-order valence-corrected chi connectivity index (χ2v) is 7.22. The zero-order valence-electron chi connectivity index (χ0n) is 16.8. The van der Waals surface area contributed by atoms with E-state index in [1.807, 2.05) is 18.2 Å². The van der Waals surface area contributed by atoms with Gasteiger partial charge in [-0.2, -0.15) is 5.10 Å². The Morgan fingerprint density at radius 2 is 2.10 bits per heavy atom. The van der Waals surface area contributed by atoms with Gasteiger partial charge >= 0.3 is 0 Å². The number of nitrogens with one attached hydrogen (secondary N) is 1. The van der Waals surface area contributed by atoms with Gasteiger partial charge in [0.25, 0.3) is 11.6 Å². The third-order valence-electron chi connectivity index (χ3n) is 5.06. The zero-order valence-corrected chi connectivity index (χ0v) is 16.8. The van der Waals surface area contributed by atoms with Crippen LogP contribution in [0.4, 0.5) is 5.69 Å². The van der Waals surface area contributed by atoms with Crippen molar-refractivity contribution in [3.63, 3.8) is 0 Å². The Kier molecular flexibility index (Phi) is 6.29. The van der Waals surface area contributed by atoms with Crippen molar-refractivity contribution in [2.75, 3.05) is 26.2 Å². The molecule has 1 aromatic heterocycles. The quantitative estimate of drug-likeness (QED) is 0.456. The molecule has 10 nitrogen and oxygen atoms in total. The number of morpholine rings is 1. The number of carbonyl (C=O) groups is 1. The van der Waals surface area contributed by atoms with E-state index in [0.29, 0.717) is 19.7 Å². The minimum absolute atomic E-state index is 0.147. The summed E-state index contributed by atoms with van der Waals surface area (Å²) in [5, 5.41) is 18.2. The summed E-state index contributed by atoms with van der Waals surface area (Å²) in [6.45, 7) is 3.26. The number of carbonyl (C=O) groups excluding carboxylic acids is 1. The van der Waals surface area contributed by atoms with Crippen molar-refractivity contribution in [1.29, 1.82) is 0 Å². The highest BCUT2D eigenvalue weighted by Gasteiger charge is 2.23. The summed E-state index contributed by atoms with van der Waals surface area (Å²) in [6, 6.07) is 14.5. The average Bonchev–Trinajstić information content (AvgIpc) is 3.33. The molecule has 0 spiro atoms. The van der Waals surface area contributed by atoms with Gasteiger partial charge in [-0.05, 0) is 17.7 Å². The molecule has 0 radical (unpaired) electrons. The highest BCUT2D eigenvalue weighted by Crippen LogP contribution is 2.23. The molecule has 1 unspecified atom stereocenters. The van der Waals surface area contributed by atoms with Gasteiger partial charge < -0.3 is 10.1 Å². The summed E-state index contributed by atoms with van der Waals surface area (Å²) in [4.78, 5) is 29.6. The third kappa shape index (κ3) is 5.11. The largest absolute Gasteiger partial charge is 0.374 e. The summed E-state index contributed by atoms with van der Waals surface area (Å²) in [7, 11) is 0. The van der Waals surface area contributed by atoms with Gasteiger partial charge in [-0.1, -0.05) is 30.3 Å². The molecule has 160 valence electrons. The number of ether oxygens (including phenoxy) is 1. The summed E-state index contributed by atoms with van der Waals surface area (Å²) < 4.78 is 7.07. The number of nitro groups is 1. The normalized spacial score (nSPS) is 16.7. The van der Waals surface area contributed by atoms with Crippen LogP contribution in [0.5, 0.6) is 0 Å². The van der Waals surface area contributed by atoms with Crippen LogP contribution < -0.4 is 5.32 Å². The molecule has 2 heterocycles. The molecule has 31 heavy (non-hydrogen) atoms. The van der Waals surface area contributed by atoms with E-state index in [-0.39, 0.29) is 23.0 Å². The Balaban J connectivity index is 1.37. The maximum Gasteiger partial charge on any atom is 0.295 e. The van der Waals surface area contributed by atoms with Gasteiger partial charge in [-0.15, -0.1) is 0 Å². The van der Waals surface area contributed by atoms with Gasteiger partial charge in [0.1, 0.15) is 18.3 Å². The molecule has 1 aliphatic heterocycles. The minimum Gasteiger partial charge on any atom is -0.374 e. The fourth-order valence-electron chi connectivity index (χ4n) is 3.54.